The molecule has 24 heavy (non-hydrogen) atoms. The van der Waals surface area contributed by atoms with Gasteiger partial charge in [-0.3, -0.25) is 9.69 Å². The number of nitrogens with one attached hydrogen (secondary N) is 1. The molecule has 0 unspecified atom stereocenters. The zero-order valence-electron chi connectivity index (χ0n) is 12.8. The Kier molecular flexibility index (Phi) is 3.82. The van der Waals surface area contributed by atoms with Crippen LogP contribution >= 0.6 is 15.9 Å². The molecular formula is C20H15BrN2O. The van der Waals surface area contributed by atoms with Gasteiger partial charge >= 0.3 is 0 Å². The van der Waals surface area contributed by atoms with Gasteiger partial charge in [-0.25, -0.2) is 0 Å². The Balaban J connectivity index is 1.87. The van der Waals surface area contributed by atoms with Gasteiger partial charge in [0.2, 0.25) is 0 Å². The van der Waals surface area contributed by atoms with E-state index in [1.165, 1.54) is 0 Å². The molecule has 0 bridgehead atoms. The Morgan fingerprint density at radius 3 is 2.42 bits per heavy atom. The SMILES string of the molecule is O=C1c2ccccc2N[C@H](c2cccc(Br)c2)N1c1ccccc1. The van der Waals surface area contributed by atoms with Crippen molar-refractivity contribution in [1.29, 1.82) is 0 Å². The van der Waals surface area contributed by atoms with Crippen LogP contribution in [-0.2, 0) is 0 Å². The van der Waals surface area contributed by atoms with E-state index < -0.39 is 0 Å². The van der Waals surface area contributed by atoms with Crippen molar-refractivity contribution in [3.63, 3.8) is 0 Å². The standard InChI is InChI=1S/C20H15BrN2O/c21-15-8-6-7-14(13-15)19-22-18-12-5-4-11-17(18)20(24)23(19)16-9-2-1-3-10-16/h1-13,19,22H/t19-/m0/s1. The Morgan fingerprint density at radius 1 is 0.875 bits per heavy atom. The molecule has 3 aromatic rings. The fourth-order valence-electron chi connectivity index (χ4n) is 3.02. The topological polar surface area (TPSA) is 32.3 Å². The van der Waals surface area contributed by atoms with E-state index in [0.29, 0.717) is 5.56 Å². The van der Waals surface area contributed by atoms with Gasteiger partial charge < -0.3 is 5.32 Å². The van der Waals surface area contributed by atoms with Gasteiger partial charge in [0.05, 0.1) is 5.56 Å². The highest BCUT2D eigenvalue weighted by atomic mass is 79.9. The van der Waals surface area contributed by atoms with Crippen LogP contribution in [-0.4, -0.2) is 5.91 Å². The number of para-hydroxylation sites is 2. The van der Waals surface area contributed by atoms with Crippen LogP contribution in [0.25, 0.3) is 0 Å². The normalized spacial score (nSPS) is 16.5. The predicted molar refractivity (Wildman–Crippen MR) is 100 cm³/mol. The number of carbonyl (C=O) groups is 1. The number of amides is 1. The van der Waals surface area contributed by atoms with E-state index in [-0.39, 0.29) is 12.1 Å². The Bertz CT molecular complexity index is 895. The summed E-state index contributed by atoms with van der Waals surface area (Å²) < 4.78 is 0.987. The van der Waals surface area contributed by atoms with Gasteiger partial charge in [-0.05, 0) is 42.0 Å². The number of hydrogen-bond acceptors (Lipinski definition) is 2. The zero-order valence-corrected chi connectivity index (χ0v) is 14.4. The second kappa shape index (κ2) is 6.13. The van der Waals surface area contributed by atoms with Crippen LogP contribution in [0.2, 0.25) is 0 Å². The van der Waals surface area contributed by atoms with Crippen molar-refractivity contribution in [3.05, 3.63) is 94.5 Å². The molecule has 1 N–H and O–H groups in total. The van der Waals surface area contributed by atoms with Crippen LogP contribution in [0.3, 0.4) is 0 Å². The third-order valence-electron chi connectivity index (χ3n) is 4.13. The maximum Gasteiger partial charge on any atom is 0.262 e. The first kappa shape index (κ1) is 15.0. The van der Waals surface area contributed by atoms with Gasteiger partial charge in [0.1, 0.15) is 6.17 Å². The second-order valence-corrected chi connectivity index (χ2v) is 6.57. The predicted octanol–water partition coefficient (Wildman–Crippen LogP) is 5.22. The molecule has 4 heteroatoms. The summed E-state index contributed by atoms with van der Waals surface area (Å²) in [7, 11) is 0. The van der Waals surface area contributed by atoms with E-state index in [4.69, 9.17) is 0 Å². The molecule has 0 saturated carbocycles. The lowest BCUT2D eigenvalue weighted by molar-refractivity contribution is 0.0975. The first-order chi connectivity index (χ1) is 11.7. The monoisotopic (exact) mass is 378 g/mol. The average molecular weight is 379 g/mol. The van der Waals surface area contributed by atoms with E-state index in [2.05, 4.69) is 21.2 Å². The minimum Gasteiger partial charge on any atom is -0.360 e. The van der Waals surface area contributed by atoms with Crippen molar-refractivity contribution in [2.24, 2.45) is 0 Å². The maximum absolute atomic E-state index is 13.2. The van der Waals surface area contributed by atoms with Gasteiger partial charge in [-0.2, -0.15) is 0 Å². The van der Waals surface area contributed by atoms with Crippen molar-refractivity contribution < 1.29 is 4.79 Å². The molecule has 0 spiro atoms. The van der Waals surface area contributed by atoms with Gasteiger partial charge in [-0.1, -0.05) is 58.4 Å². The van der Waals surface area contributed by atoms with Gasteiger partial charge in [0, 0.05) is 15.8 Å². The summed E-state index contributed by atoms with van der Waals surface area (Å²) >= 11 is 3.52. The number of fused-ring (bicyclic) bond motifs is 1. The molecule has 4 rings (SSSR count). The average Bonchev–Trinajstić information content (AvgIpc) is 2.62. The fourth-order valence-corrected chi connectivity index (χ4v) is 3.44. The molecule has 0 saturated heterocycles. The maximum atomic E-state index is 13.2. The summed E-state index contributed by atoms with van der Waals surface area (Å²) in [6.45, 7) is 0. The van der Waals surface area contributed by atoms with Crippen molar-refractivity contribution in [2.75, 3.05) is 10.2 Å². The summed E-state index contributed by atoms with van der Waals surface area (Å²) in [6, 6.07) is 25.4. The highest BCUT2D eigenvalue weighted by Crippen LogP contribution is 2.36. The van der Waals surface area contributed by atoms with E-state index in [0.717, 1.165) is 21.4 Å². The summed E-state index contributed by atoms with van der Waals surface area (Å²) in [5, 5.41) is 3.50. The number of benzene rings is 3. The van der Waals surface area contributed by atoms with E-state index in [1.807, 2.05) is 83.8 Å². The lowest BCUT2D eigenvalue weighted by Gasteiger charge is -2.38. The van der Waals surface area contributed by atoms with Crippen LogP contribution in [0.15, 0.2) is 83.3 Å². The minimum atomic E-state index is -0.257. The first-order valence-electron chi connectivity index (χ1n) is 7.74. The summed E-state index contributed by atoms with van der Waals surface area (Å²) in [5.74, 6) is 0.000487. The third kappa shape index (κ3) is 2.59. The van der Waals surface area contributed by atoms with Crippen LogP contribution < -0.4 is 10.2 Å². The van der Waals surface area contributed by atoms with Gasteiger partial charge in [0.25, 0.3) is 5.91 Å². The van der Waals surface area contributed by atoms with Crippen molar-refractivity contribution >= 4 is 33.2 Å². The quantitative estimate of drug-likeness (QED) is 0.662. The molecule has 0 fully saturated rings. The molecule has 0 aliphatic carbocycles. The lowest BCUT2D eigenvalue weighted by Crippen LogP contribution is -2.43. The largest absolute Gasteiger partial charge is 0.360 e. The number of rotatable bonds is 2. The van der Waals surface area contributed by atoms with Crippen molar-refractivity contribution in [2.45, 2.75) is 6.17 Å². The Morgan fingerprint density at radius 2 is 1.62 bits per heavy atom. The van der Waals surface area contributed by atoms with E-state index in [9.17, 15) is 4.79 Å². The number of carbonyl (C=O) groups excluding carboxylic acids is 1. The summed E-state index contributed by atoms with van der Waals surface area (Å²) in [5.41, 5.74) is 3.44. The number of anilines is 2. The first-order valence-corrected chi connectivity index (χ1v) is 8.53. The molecule has 0 radical (unpaired) electrons. The van der Waals surface area contributed by atoms with Crippen molar-refractivity contribution in [1.82, 2.24) is 0 Å². The summed E-state index contributed by atoms with van der Waals surface area (Å²) in [4.78, 5) is 15.0. The van der Waals surface area contributed by atoms with Gasteiger partial charge in [0.15, 0.2) is 0 Å². The second-order valence-electron chi connectivity index (χ2n) is 5.66. The van der Waals surface area contributed by atoms with Crippen LogP contribution in [0, 0.1) is 0 Å². The zero-order chi connectivity index (χ0) is 16.5. The molecule has 1 aliphatic heterocycles. The van der Waals surface area contributed by atoms with Crippen molar-refractivity contribution in [3.8, 4) is 0 Å². The molecule has 3 aromatic carbocycles. The van der Waals surface area contributed by atoms with Gasteiger partial charge in [-0.15, -0.1) is 0 Å². The highest BCUT2D eigenvalue weighted by Gasteiger charge is 2.33. The molecule has 3 nitrogen and oxygen atoms in total. The Hall–Kier alpha value is -2.59. The molecule has 1 atom stereocenters. The molecular weight excluding hydrogens is 364 g/mol. The molecule has 0 aromatic heterocycles. The number of hydrogen-bond donors (Lipinski definition) is 1. The Labute approximate surface area is 149 Å². The number of nitrogens with zero attached hydrogens (tertiary/aromatic N) is 1. The highest BCUT2D eigenvalue weighted by molar-refractivity contribution is 9.10. The van der Waals surface area contributed by atoms with Crippen LogP contribution in [0.1, 0.15) is 22.1 Å². The summed E-state index contributed by atoms with van der Waals surface area (Å²) in [6.07, 6.45) is -0.257. The lowest BCUT2D eigenvalue weighted by atomic mass is 10.0. The van der Waals surface area contributed by atoms with Crippen LogP contribution in [0.5, 0.6) is 0 Å². The van der Waals surface area contributed by atoms with Crippen LogP contribution in [0.4, 0.5) is 11.4 Å². The molecule has 1 amide bonds. The van der Waals surface area contributed by atoms with E-state index >= 15 is 0 Å². The minimum absolute atomic E-state index is 0.000487. The molecule has 1 heterocycles. The van der Waals surface area contributed by atoms with E-state index in [1.54, 1.807) is 0 Å². The molecule has 1 aliphatic rings. The fraction of sp³-hybridized carbons (Fsp3) is 0.0500. The smallest absolute Gasteiger partial charge is 0.262 e. The number of halogens is 1. The third-order valence-corrected chi connectivity index (χ3v) is 4.62. The molecule has 118 valence electrons.